The number of terminal acetylenes is 1. The number of phenols is 1. The Kier molecular flexibility index (Phi) is 6.25. The molecule has 6 rings (SSSR count). The molecular weight excluding hydrogens is 487 g/mol. The topological polar surface area (TPSA) is 114 Å². The minimum atomic E-state index is -0.469. The van der Waals surface area contributed by atoms with Crippen molar-refractivity contribution in [3.05, 3.63) is 58.9 Å². The summed E-state index contributed by atoms with van der Waals surface area (Å²) in [6, 6.07) is 7.18. The predicted molar refractivity (Wildman–Crippen MR) is 138 cm³/mol. The lowest BCUT2D eigenvalue weighted by atomic mass is 9.95. The molecule has 2 aromatic heterocycles. The molecule has 2 atom stereocenters. The number of anilines is 1. The fourth-order valence-electron chi connectivity index (χ4n) is 5.34. The summed E-state index contributed by atoms with van der Waals surface area (Å²) >= 11 is 0. The van der Waals surface area contributed by atoms with E-state index in [1.54, 1.807) is 36.1 Å². The summed E-state index contributed by atoms with van der Waals surface area (Å²) in [5.74, 6) is 3.19. The van der Waals surface area contributed by atoms with Crippen LogP contribution in [0.15, 0.2) is 30.5 Å². The number of fused-ring (bicyclic) bond motifs is 3. The van der Waals surface area contributed by atoms with Crippen LogP contribution in [-0.2, 0) is 26.5 Å². The number of benzene rings is 2. The lowest BCUT2D eigenvalue weighted by Gasteiger charge is -2.32. The van der Waals surface area contributed by atoms with Crippen LogP contribution in [0, 0.1) is 18.2 Å². The predicted octanol–water partition coefficient (Wildman–Crippen LogP) is 2.28. The van der Waals surface area contributed by atoms with Crippen molar-refractivity contribution in [2.45, 2.75) is 44.4 Å². The van der Waals surface area contributed by atoms with E-state index >= 15 is 0 Å². The molecule has 4 heterocycles. The second-order valence-electron chi connectivity index (χ2n) is 9.78. The number of piperazine rings is 1. The highest BCUT2D eigenvalue weighted by Gasteiger charge is 2.33. The normalized spacial score (nSPS) is 18.6. The van der Waals surface area contributed by atoms with Crippen LogP contribution in [0.25, 0.3) is 10.8 Å². The van der Waals surface area contributed by atoms with Gasteiger partial charge in [-0.25, -0.2) is 9.07 Å². The Morgan fingerprint density at radius 2 is 1.97 bits per heavy atom. The van der Waals surface area contributed by atoms with Crippen LogP contribution in [-0.4, -0.2) is 60.2 Å². The van der Waals surface area contributed by atoms with Crippen molar-refractivity contribution in [3.63, 3.8) is 0 Å². The number of ether oxygens (including phenoxy) is 1. The second kappa shape index (κ2) is 9.87. The fraction of sp³-hybridized carbons (Fsp3) is 0.370. The van der Waals surface area contributed by atoms with Crippen molar-refractivity contribution in [2.24, 2.45) is 7.05 Å². The van der Waals surface area contributed by atoms with E-state index in [0.29, 0.717) is 47.5 Å². The highest BCUT2D eigenvalue weighted by atomic mass is 19.1. The molecule has 0 saturated carbocycles. The van der Waals surface area contributed by atoms with Crippen molar-refractivity contribution < 1.29 is 14.2 Å². The van der Waals surface area contributed by atoms with Gasteiger partial charge < -0.3 is 20.1 Å². The Hall–Kier alpha value is -4.30. The Bertz CT molecular complexity index is 1540. The third kappa shape index (κ3) is 4.70. The minimum Gasteiger partial charge on any atom is -0.508 e. The quantitative estimate of drug-likeness (QED) is 0.359. The van der Waals surface area contributed by atoms with Gasteiger partial charge in [-0.15, -0.1) is 11.5 Å². The number of nitrogens with zero attached hydrogens (tertiary/aromatic N) is 7. The van der Waals surface area contributed by atoms with E-state index in [4.69, 9.17) is 16.1 Å². The number of aromatic nitrogens is 6. The molecule has 38 heavy (non-hydrogen) atoms. The largest absolute Gasteiger partial charge is 0.508 e. The first-order valence-electron chi connectivity index (χ1n) is 12.6. The van der Waals surface area contributed by atoms with Gasteiger partial charge in [-0.05, 0) is 48.4 Å². The SMILES string of the molecule is C#Cc1c(F)ccc2cc(O)cc(CCc3nc(OCc4cnnn4C)nc(N4CC5CCC(C4)N5)n3)c12. The Morgan fingerprint density at radius 1 is 1.16 bits per heavy atom. The molecule has 2 N–H and O–H groups in total. The van der Waals surface area contributed by atoms with Gasteiger partial charge in [-0.3, -0.25) is 0 Å². The van der Waals surface area contributed by atoms with E-state index in [9.17, 15) is 9.50 Å². The standard InChI is InChI=1S/C27H27FN8O2/c1-3-22-23(28)8-4-16-10-21(37)11-17(25(16)22)5-9-24-31-26(36-13-18-6-7-19(14-36)30-18)33-27(32-24)38-15-20-12-29-34-35(20)2/h1,4,8,10-12,18-19,30,37H,5-7,9,13-15H2,2H3. The molecule has 0 radical (unpaired) electrons. The van der Waals surface area contributed by atoms with Crippen LogP contribution in [0.4, 0.5) is 10.3 Å². The summed E-state index contributed by atoms with van der Waals surface area (Å²) in [5, 5.41) is 23.0. The number of phenolic OH excluding ortho intramolecular Hbond substituents is 1. The number of halogens is 1. The smallest absolute Gasteiger partial charge is 0.321 e. The zero-order valence-electron chi connectivity index (χ0n) is 20.9. The van der Waals surface area contributed by atoms with Gasteiger partial charge in [0.15, 0.2) is 0 Å². The molecule has 11 heteroatoms. The molecule has 0 spiro atoms. The van der Waals surface area contributed by atoms with Crippen LogP contribution in [0.2, 0.25) is 0 Å². The lowest BCUT2D eigenvalue weighted by molar-refractivity contribution is 0.268. The molecular formula is C27H27FN8O2. The highest BCUT2D eigenvalue weighted by Crippen LogP contribution is 2.30. The van der Waals surface area contributed by atoms with Crippen LogP contribution in [0.5, 0.6) is 11.8 Å². The fourth-order valence-corrected chi connectivity index (χ4v) is 5.34. The maximum Gasteiger partial charge on any atom is 0.321 e. The number of aromatic hydroxyl groups is 1. The molecule has 2 aromatic carbocycles. The summed E-state index contributed by atoms with van der Waals surface area (Å²) in [4.78, 5) is 16.2. The molecule has 0 amide bonds. The highest BCUT2D eigenvalue weighted by molar-refractivity contribution is 5.92. The van der Waals surface area contributed by atoms with Crippen LogP contribution in [0.3, 0.4) is 0 Å². The van der Waals surface area contributed by atoms with E-state index in [1.165, 1.54) is 6.07 Å². The molecule has 2 aliphatic heterocycles. The van der Waals surface area contributed by atoms with Gasteiger partial charge in [0, 0.05) is 44.0 Å². The Balaban J connectivity index is 1.31. The second-order valence-corrected chi connectivity index (χ2v) is 9.78. The minimum absolute atomic E-state index is 0.0866. The van der Waals surface area contributed by atoms with Gasteiger partial charge in [0.05, 0.1) is 17.5 Å². The van der Waals surface area contributed by atoms with E-state index < -0.39 is 5.82 Å². The third-order valence-corrected chi connectivity index (χ3v) is 7.20. The molecule has 2 aliphatic rings. The zero-order chi connectivity index (χ0) is 26.2. The van der Waals surface area contributed by atoms with Gasteiger partial charge >= 0.3 is 6.01 Å². The lowest BCUT2D eigenvalue weighted by Crippen LogP contribution is -2.51. The molecule has 2 bridgehead atoms. The van der Waals surface area contributed by atoms with E-state index in [2.05, 4.69) is 36.4 Å². The average molecular weight is 515 g/mol. The summed E-state index contributed by atoms with van der Waals surface area (Å²) in [6.07, 6.45) is 10.4. The number of hydrogen-bond donors (Lipinski definition) is 2. The van der Waals surface area contributed by atoms with E-state index in [1.807, 2.05) is 0 Å². The average Bonchev–Trinajstić information content (AvgIpc) is 3.49. The third-order valence-electron chi connectivity index (χ3n) is 7.20. The van der Waals surface area contributed by atoms with Crippen molar-refractivity contribution in [3.8, 4) is 24.1 Å². The van der Waals surface area contributed by atoms with E-state index in [-0.39, 0.29) is 23.9 Å². The van der Waals surface area contributed by atoms with Crippen LogP contribution < -0.4 is 15.0 Å². The molecule has 2 fully saturated rings. The monoisotopic (exact) mass is 514 g/mol. The molecule has 2 saturated heterocycles. The molecule has 0 aliphatic carbocycles. The van der Waals surface area contributed by atoms with Gasteiger partial charge in [0.2, 0.25) is 5.95 Å². The first kappa shape index (κ1) is 24.1. The first-order chi connectivity index (χ1) is 18.5. The van der Waals surface area contributed by atoms with E-state index in [0.717, 1.165) is 37.2 Å². The Labute approximate surface area is 218 Å². The van der Waals surface area contributed by atoms with Crippen molar-refractivity contribution in [1.82, 2.24) is 35.3 Å². The number of aryl methyl sites for hydroxylation is 3. The summed E-state index contributed by atoms with van der Waals surface area (Å²) in [7, 11) is 1.79. The summed E-state index contributed by atoms with van der Waals surface area (Å²) < 4.78 is 22.1. The summed E-state index contributed by atoms with van der Waals surface area (Å²) in [5.41, 5.74) is 1.68. The molecule has 10 nitrogen and oxygen atoms in total. The number of nitrogens with one attached hydrogen (secondary N) is 1. The molecule has 194 valence electrons. The van der Waals surface area contributed by atoms with Gasteiger partial charge in [-0.2, -0.15) is 15.0 Å². The number of hydrogen-bond acceptors (Lipinski definition) is 9. The number of rotatable bonds is 7. The molecule has 2 unspecified atom stereocenters. The Morgan fingerprint density at radius 3 is 2.71 bits per heavy atom. The maximum absolute atomic E-state index is 14.5. The maximum atomic E-state index is 14.5. The van der Waals surface area contributed by atoms with Crippen LogP contribution >= 0.6 is 0 Å². The van der Waals surface area contributed by atoms with Gasteiger partial charge in [0.25, 0.3) is 0 Å². The summed E-state index contributed by atoms with van der Waals surface area (Å²) in [6.45, 7) is 1.83. The van der Waals surface area contributed by atoms with Gasteiger partial charge in [-0.1, -0.05) is 17.2 Å². The first-order valence-corrected chi connectivity index (χ1v) is 12.6. The molecule has 4 aromatic rings. The zero-order valence-corrected chi connectivity index (χ0v) is 20.9. The van der Waals surface area contributed by atoms with Crippen molar-refractivity contribution >= 4 is 16.7 Å². The van der Waals surface area contributed by atoms with Gasteiger partial charge in [0.1, 0.15) is 24.0 Å². The van der Waals surface area contributed by atoms with Crippen LogP contribution in [0.1, 0.15) is 35.5 Å². The van der Waals surface area contributed by atoms with Crippen molar-refractivity contribution in [2.75, 3.05) is 18.0 Å². The van der Waals surface area contributed by atoms with Crippen molar-refractivity contribution in [1.29, 1.82) is 0 Å².